The number of hydrogen-bond donors (Lipinski definition) is 1. The van der Waals surface area contributed by atoms with Crippen molar-refractivity contribution in [3.8, 4) is 0 Å². The zero-order valence-electron chi connectivity index (χ0n) is 18.1. The number of aromatic nitrogens is 3. The molecule has 1 N–H and O–H groups in total. The standard InChI is InChI=1S/C22H27N5OS3/c1-14-9-10-19(15(2)11-14)27(16(3)28)21-24-18(12-29-21)13-30-22-26-25-20(31-22)23-17-7-5-4-6-8-17/h9-12,17H,4-8,13H2,1-3H3,(H,23,25). The van der Waals surface area contributed by atoms with Gasteiger partial charge in [0.05, 0.1) is 11.4 Å². The van der Waals surface area contributed by atoms with E-state index < -0.39 is 0 Å². The predicted octanol–water partition coefficient (Wildman–Crippen LogP) is 6.33. The van der Waals surface area contributed by atoms with Crippen LogP contribution in [-0.2, 0) is 10.5 Å². The summed E-state index contributed by atoms with van der Waals surface area (Å²) in [5.41, 5.74) is 4.07. The molecule has 4 rings (SSSR count). The van der Waals surface area contributed by atoms with Gasteiger partial charge in [-0.3, -0.25) is 9.69 Å². The summed E-state index contributed by atoms with van der Waals surface area (Å²) in [5, 5.41) is 15.8. The largest absolute Gasteiger partial charge is 0.357 e. The van der Waals surface area contributed by atoms with E-state index in [0.717, 1.165) is 26.4 Å². The molecule has 1 aliphatic carbocycles. The van der Waals surface area contributed by atoms with Crippen LogP contribution in [0.3, 0.4) is 0 Å². The van der Waals surface area contributed by atoms with Crippen molar-refractivity contribution < 1.29 is 4.79 Å². The van der Waals surface area contributed by atoms with Crippen molar-refractivity contribution in [2.24, 2.45) is 0 Å². The third-order valence-corrected chi connectivity index (χ3v) is 8.22. The van der Waals surface area contributed by atoms with Gasteiger partial charge >= 0.3 is 0 Å². The van der Waals surface area contributed by atoms with E-state index in [4.69, 9.17) is 4.98 Å². The molecule has 9 heteroatoms. The molecule has 3 aromatic rings. The number of nitrogens with zero attached hydrogens (tertiary/aromatic N) is 4. The van der Waals surface area contributed by atoms with E-state index in [1.807, 2.05) is 24.4 Å². The first kappa shape index (κ1) is 22.2. The van der Waals surface area contributed by atoms with Crippen molar-refractivity contribution in [1.29, 1.82) is 0 Å². The lowest BCUT2D eigenvalue weighted by Crippen LogP contribution is -2.23. The molecule has 0 radical (unpaired) electrons. The maximum absolute atomic E-state index is 12.4. The minimum absolute atomic E-state index is 0.0388. The van der Waals surface area contributed by atoms with Crippen LogP contribution in [0.4, 0.5) is 16.0 Å². The SMILES string of the molecule is CC(=O)N(c1nc(CSc2nnc(NC3CCCCC3)s2)cs1)c1ccc(C)cc1C. The number of carbonyl (C=O) groups is 1. The fourth-order valence-electron chi connectivity index (χ4n) is 3.81. The minimum atomic E-state index is -0.0388. The summed E-state index contributed by atoms with van der Waals surface area (Å²) < 4.78 is 0.936. The first-order valence-corrected chi connectivity index (χ1v) is 13.2. The number of hydrogen-bond acceptors (Lipinski definition) is 8. The van der Waals surface area contributed by atoms with Gasteiger partial charge in [-0.15, -0.1) is 21.5 Å². The number of benzene rings is 1. The molecule has 1 aliphatic rings. The summed E-state index contributed by atoms with van der Waals surface area (Å²) in [6.45, 7) is 5.66. The van der Waals surface area contributed by atoms with Crippen molar-refractivity contribution in [3.63, 3.8) is 0 Å². The first-order valence-electron chi connectivity index (χ1n) is 10.5. The molecule has 2 aromatic heterocycles. The van der Waals surface area contributed by atoms with E-state index in [1.54, 1.807) is 34.9 Å². The fraction of sp³-hybridized carbons (Fsp3) is 0.455. The molecule has 1 amide bonds. The predicted molar refractivity (Wildman–Crippen MR) is 131 cm³/mol. The molecule has 0 atom stereocenters. The van der Waals surface area contributed by atoms with E-state index in [2.05, 4.69) is 28.5 Å². The third kappa shape index (κ3) is 5.64. The summed E-state index contributed by atoms with van der Waals surface area (Å²) in [6, 6.07) is 6.63. The average molecular weight is 474 g/mol. The summed E-state index contributed by atoms with van der Waals surface area (Å²) >= 11 is 4.73. The zero-order valence-corrected chi connectivity index (χ0v) is 20.5. The van der Waals surface area contributed by atoms with Gasteiger partial charge < -0.3 is 5.32 Å². The van der Waals surface area contributed by atoms with Crippen LogP contribution in [0.5, 0.6) is 0 Å². The molecule has 0 saturated heterocycles. The van der Waals surface area contributed by atoms with Gasteiger partial charge in [-0.1, -0.05) is 60.1 Å². The molecule has 0 spiro atoms. The number of thiazole rings is 1. The molecule has 1 aromatic carbocycles. The van der Waals surface area contributed by atoms with E-state index in [-0.39, 0.29) is 5.91 Å². The molecule has 31 heavy (non-hydrogen) atoms. The maximum Gasteiger partial charge on any atom is 0.230 e. The Morgan fingerprint density at radius 3 is 2.77 bits per heavy atom. The van der Waals surface area contributed by atoms with Crippen LogP contribution < -0.4 is 10.2 Å². The number of amides is 1. The molecule has 1 saturated carbocycles. The Labute approximate surface area is 195 Å². The number of rotatable bonds is 7. The fourth-order valence-corrected chi connectivity index (χ4v) is 6.52. The second kappa shape index (κ2) is 10.1. The lowest BCUT2D eigenvalue weighted by molar-refractivity contribution is -0.115. The van der Waals surface area contributed by atoms with Crippen molar-refractivity contribution >= 4 is 56.3 Å². The molecule has 1 fully saturated rings. The Bertz CT molecular complexity index is 1040. The van der Waals surface area contributed by atoms with Gasteiger partial charge in [0.1, 0.15) is 0 Å². The molecule has 0 unspecified atom stereocenters. The van der Waals surface area contributed by atoms with Crippen molar-refractivity contribution in [1.82, 2.24) is 15.2 Å². The van der Waals surface area contributed by atoms with Crippen molar-refractivity contribution in [2.45, 2.75) is 69.0 Å². The number of anilines is 3. The highest BCUT2D eigenvalue weighted by Gasteiger charge is 2.20. The molecule has 164 valence electrons. The number of nitrogens with one attached hydrogen (secondary N) is 1. The smallest absolute Gasteiger partial charge is 0.230 e. The highest BCUT2D eigenvalue weighted by Crippen LogP contribution is 2.34. The second-order valence-electron chi connectivity index (χ2n) is 7.91. The zero-order chi connectivity index (χ0) is 21.8. The van der Waals surface area contributed by atoms with E-state index in [9.17, 15) is 4.79 Å². The normalized spacial score (nSPS) is 14.5. The highest BCUT2D eigenvalue weighted by molar-refractivity contribution is 8.00. The Morgan fingerprint density at radius 1 is 1.23 bits per heavy atom. The van der Waals surface area contributed by atoms with Gasteiger partial charge in [-0.25, -0.2) is 4.98 Å². The second-order valence-corrected chi connectivity index (χ2v) is 10.9. The molecular weight excluding hydrogens is 446 g/mol. The maximum atomic E-state index is 12.4. The number of carbonyl (C=O) groups excluding carboxylic acids is 1. The summed E-state index contributed by atoms with van der Waals surface area (Å²) in [7, 11) is 0. The quantitative estimate of drug-likeness (QED) is 0.404. The molecular formula is C22H27N5OS3. The summed E-state index contributed by atoms with van der Waals surface area (Å²) in [5.74, 6) is 0.663. The first-order chi connectivity index (χ1) is 15.0. The van der Waals surface area contributed by atoms with Crippen LogP contribution in [0.1, 0.15) is 55.8 Å². The third-order valence-electron chi connectivity index (χ3n) is 5.32. The van der Waals surface area contributed by atoms with E-state index >= 15 is 0 Å². The van der Waals surface area contributed by atoms with Gasteiger partial charge in [0.15, 0.2) is 9.47 Å². The topological polar surface area (TPSA) is 71.0 Å². The highest BCUT2D eigenvalue weighted by atomic mass is 32.2. The van der Waals surface area contributed by atoms with Gasteiger partial charge in [0, 0.05) is 24.1 Å². The summed E-state index contributed by atoms with van der Waals surface area (Å²) in [4.78, 5) is 18.8. The Morgan fingerprint density at radius 2 is 2.03 bits per heavy atom. The van der Waals surface area contributed by atoms with Crippen LogP contribution in [0.25, 0.3) is 0 Å². The van der Waals surface area contributed by atoms with Gasteiger partial charge in [-0.2, -0.15) is 0 Å². The lowest BCUT2D eigenvalue weighted by atomic mass is 9.96. The van der Waals surface area contributed by atoms with Gasteiger partial charge in [-0.05, 0) is 38.3 Å². The lowest BCUT2D eigenvalue weighted by Gasteiger charge is -2.21. The Balaban J connectivity index is 1.40. The number of thioether (sulfide) groups is 1. The Hall–Kier alpha value is -1.97. The summed E-state index contributed by atoms with van der Waals surface area (Å²) in [6.07, 6.45) is 6.37. The van der Waals surface area contributed by atoms with Gasteiger partial charge in [0.25, 0.3) is 0 Å². The molecule has 2 heterocycles. The van der Waals surface area contributed by atoms with Crippen LogP contribution in [0, 0.1) is 13.8 Å². The number of aryl methyl sites for hydroxylation is 2. The van der Waals surface area contributed by atoms with Crippen LogP contribution >= 0.6 is 34.4 Å². The van der Waals surface area contributed by atoms with Crippen molar-refractivity contribution in [3.05, 3.63) is 40.4 Å². The monoisotopic (exact) mass is 473 g/mol. The van der Waals surface area contributed by atoms with Crippen molar-refractivity contribution in [2.75, 3.05) is 10.2 Å². The molecule has 0 aliphatic heterocycles. The minimum Gasteiger partial charge on any atom is -0.357 e. The van der Waals surface area contributed by atoms with Crippen LogP contribution in [0.2, 0.25) is 0 Å². The van der Waals surface area contributed by atoms with E-state index in [1.165, 1.54) is 49.0 Å². The van der Waals surface area contributed by atoms with Crippen LogP contribution in [0.15, 0.2) is 27.9 Å². The molecule has 0 bridgehead atoms. The Kier molecular flexibility index (Phi) is 7.24. The van der Waals surface area contributed by atoms with E-state index in [0.29, 0.717) is 16.9 Å². The van der Waals surface area contributed by atoms with Crippen LogP contribution in [-0.4, -0.2) is 27.1 Å². The average Bonchev–Trinajstić information content (AvgIpc) is 3.38. The molecule has 6 nitrogen and oxygen atoms in total. The van der Waals surface area contributed by atoms with Gasteiger partial charge in [0.2, 0.25) is 11.0 Å².